The van der Waals surface area contributed by atoms with E-state index in [0.29, 0.717) is 34.1 Å². The Morgan fingerprint density at radius 1 is 0.840 bits per heavy atom. The van der Waals surface area contributed by atoms with Crippen LogP contribution in [0.2, 0.25) is 0 Å². The monoisotopic (exact) mass is 346 g/mol. The lowest BCUT2D eigenvalue weighted by molar-refractivity contribution is -0.117. The second-order valence-corrected chi connectivity index (χ2v) is 5.43. The van der Waals surface area contributed by atoms with E-state index in [9.17, 15) is 9.90 Å². The van der Waals surface area contributed by atoms with Crippen LogP contribution in [0.5, 0.6) is 28.7 Å². The zero-order chi connectivity index (χ0) is 18.6. The summed E-state index contributed by atoms with van der Waals surface area (Å²) in [5.41, 5.74) is 1.31. The van der Waals surface area contributed by atoms with Gasteiger partial charge in [0, 0.05) is 0 Å². The summed E-state index contributed by atoms with van der Waals surface area (Å²) in [7, 11) is 6.02. The van der Waals surface area contributed by atoms with Crippen molar-refractivity contribution in [1.29, 1.82) is 0 Å². The number of phenolic OH excluding ortho intramolecular Hbond substituents is 1. The first-order valence-corrected chi connectivity index (χ1v) is 7.64. The summed E-state index contributed by atoms with van der Waals surface area (Å²) in [4.78, 5) is 12.3. The normalized spacial score (nSPS) is 11.6. The number of phenols is 1. The summed E-state index contributed by atoms with van der Waals surface area (Å²) < 4.78 is 21.1. The SMILES string of the molecule is COc1ccc(C(C(C)=O)c2cc(OC)c(OC)c(OC)c2)cc1O. The number of hydrogen-bond acceptors (Lipinski definition) is 6. The first-order chi connectivity index (χ1) is 12.0. The third kappa shape index (κ3) is 3.63. The summed E-state index contributed by atoms with van der Waals surface area (Å²) in [5, 5.41) is 10.0. The summed E-state index contributed by atoms with van der Waals surface area (Å²) >= 11 is 0. The number of Topliss-reactive ketones (excluding diaryl/α,β-unsaturated/α-hetero) is 1. The predicted octanol–water partition coefficient (Wildman–Crippen LogP) is 3.15. The fraction of sp³-hybridized carbons (Fsp3) is 0.316. The van der Waals surface area contributed by atoms with Gasteiger partial charge in [0.2, 0.25) is 5.75 Å². The standard InChI is InChI=1S/C19H22O6/c1-11(20)18(12-6-7-15(22-2)14(21)8-12)13-9-16(23-3)19(25-5)17(10-13)24-4/h6-10,18,21H,1-5H3. The van der Waals surface area contributed by atoms with Gasteiger partial charge in [0.25, 0.3) is 0 Å². The van der Waals surface area contributed by atoms with E-state index in [0.717, 1.165) is 0 Å². The van der Waals surface area contributed by atoms with E-state index in [1.54, 1.807) is 24.3 Å². The molecular formula is C19H22O6. The lowest BCUT2D eigenvalue weighted by atomic mass is 9.87. The zero-order valence-corrected chi connectivity index (χ0v) is 15.0. The van der Waals surface area contributed by atoms with Crippen molar-refractivity contribution in [3.8, 4) is 28.7 Å². The number of aromatic hydroxyl groups is 1. The Morgan fingerprint density at radius 3 is 1.80 bits per heavy atom. The molecule has 6 nitrogen and oxygen atoms in total. The van der Waals surface area contributed by atoms with Crippen molar-refractivity contribution in [3.05, 3.63) is 41.5 Å². The Kier molecular flexibility index (Phi) is 5.75. The van der Waals surface area contributed by atoms with E-state index < -0.39 is 5.92 Å². The average Bonchev–Trinajstić information content (AvgIpc) is 2.60. The van der Waals surface area contributed by atoms with Crippen LogP contribution in [-0.4, -0.2) is 39.3 Å². The number of ether oxygens (including phenoxy) is 4. The molecule has 2 aromatic rings. The first-order valence-electron chi connectivity index (χ1n) is 7.64. The molecule has 6 heteroatoms. The topological polar surface area (TPSA) is 74.2 Å². The minimum absolute atomic E-state index is 0.0290. The van der Waals surface area contributed by atoms with E-state index in [2.05, 4.69) is 0 Å². The van der Waals surface area contributed by atoms with Gasteiger partial charge in [-0.15, -0.1) is 0 Å². The minimum Gasteiger partial charge on any atom is -0.504 e. The van der Waals surface area contributed by atoms with Crippen molar-refractivity contribution in [2.24, 2.45) is 0 Å². The van der Waals surface area contributed by atoms with Crippen molar-refractivity contribution in [2.75, 3.05) is 28.4 Å². The van der Waals surface area contributed by atoms with Gasteiger partial charge in [-0.3, -0.25) is 4.79 Å². The zero-order valence-electron chi connectivity index (χ0n) is 15.0. The summed E-state index contributed by atoms with van der Waals surface area (Å²) in [6.45, 7) is 1.50. The number of hydrogen-bond donors (Lipinski definition) is 1. The maximum absolute atomic E-state index is 12.3. The van der Waals surface area contributed by atoms with Crippen LogP contribution in [0.15, 0.2) is 30.3 Å². The molecule has 0 heterocycles. The number of benzene rings is 2. The largest absolute Gasteiger partial charge is 0.504 e. The van der Waals surface area contributed by atoms with Crippen LogP contribution in [0.3, 0.4) is 0 Å². The predicted molar refractivity (Wildman–Crippen MR) is 93.3 cm³/mol. The van der Waals surface area contributed by atoms with Crippen molar-refractivity contribution in [1.82, 2.24) is 0 Å². The maximum atomic E-state index is 12.3. The number of carbonyl (C=O) groups is 1. The second kappa shape index (κ2) is 7.79. The maximum Gasteiger partial charge on any atom is 0.203 e. The van der Waals surface area contributed by atoms with Crippen LogP contribution < -0.4 is 18.9 Å². The van der Waals surface area contributed by atoms with Crippen LogP contribution in [-0.2, 0) is 4.79 Å². The molecule has 0 bridgehead atoms. The fourth-order valence-electron chi connectivity index (χ4n) is 2.82. The van der Waals surface area contributed by atoms with Gasteiger partial charge in [0.1, 0.15) is 5.78 Å². The van der Waals surface area contributed by atoms with Gasteiger partial charge in [-0.2, -0.15) is 0 Å². The molecule has 1 atom stereocenters. The van der Waals surface area contributed by atoms with Crippen LogP contribution in [0.1, 0.15) is 24.0 Å². The van der Waals surface area contributed by atoms with Gasteiger partial charge in [-0.05, 0) is 42.3 Å². The molecule has 0 spiro atoms. The van der Waals surface area contributed by atoms with Gasteiger partial charge < -0.3 is 24.1 Å². The Balaban J connectivity index is 2.61. The summed E-state index contributed by atoms with van der Waals surface area (Å²) in [6, 6.07) is 8.35. The molecule has 134 valence electrons. The van der Waals surface area contributed by atoms with Crippen molar-refractivity contribution in [2.45, 2.75) is 12.8 Å². The van der Waals surface area contributed by atoms with Gasteiger partial charge >= 0.3 is 0 Å². The molecule has 0 saturated carbocycles. The summed E-state index contributed by atoms with van der Waals surface area (Å²) in [6.07, 6.45) is 0. The van der Waals surface area contributed by atoms with E-state index in [1.165, 1.54) is 41.4 Å². The highest BCUT2D eigenvalue weighted by Crippen LogP contribution is 2.42. The van der Waals surface area contributed by atoms with Crippen molar-refractivity contribution >= 4 is 5.78 Å². The molecule has 0 aliphatic heterocycles. The first kappa shape index (κ1) is 18.4. The molecule has 0 aromatic heterocycles. The van der Waals surface area contributed by atoms with Gasteiger partial charge in [-0.1, -0.05) is 6.07 Å². The third-order valence-corrected chi connectivity index (χ3v) is 3.96. The van der Waals surface area contributed by atoms with E-state index in [4.69, 9.17) is 18.9 Å². The Hall–Kier alpha value is -2.89. The number of carbonyl (C=O) groups excluding carboxylic acids is 1. The second-order valence-electron chi connectivity index (χ2n) is 5.43. The van der Waals surface area contributed by atoms with Gasteiger partial charge in [0.15, 0.2) is 23.0 Å². The third-order valence-electron chi connectivity index (χ3n) is 3.96. The van der Waals surface area contributed by atoms with Crippen LogP contribution >= 0.6 is 0 Å². The quantitative estimate of drug-likeness (QED) is 0.830. The van der Waals surface area contributed by atoms with Crippen LogP contribution in [0.25, 0.3) is 0 Å². The van der Waals surface area contributed by atoms with Gasteiger partial charge in [0.05, 0.1) is 34.4 Å². The smallest absolute Gasteiger partial charge is 0.203 e. The highest BCUT2D eigenvalue weighted by molar-refractivity contribution is 5.87. The fourth-order valence-corrected chi connectivity index (χ4v) is 2.82. The molecule has 2 rings (SSSR count). The molecular weight excluding hydrogens is 324 g/mol. The molecule has 0 amide bonds. The van der Waals surface area contributed by atoms with Crippen molar-refractivity contribution < 1.29 is 28.8 Å². The van der Waals surface area contributed by atoms with Crippen molar-refractivity contribution in [3.63, 3.8) is 0 Å². The lowest BCUT2D eigenvalue weighted by Gasteiger charge is -2.19. The van der Waals surface area contributed by atoms with E-state index >= 15 is 0 Å². The molecule has 0 fully saturated rings. The minimum atomic E-state index is -0.592. The van der Waals surface area contributed by atoms with Crippen LogP contribution in [0.4, 0.5) is 0 Å². The molecule has 25 heavy (non-hydrogen) atoms. The van der Waals surface area contributed by atoms with Gasteiger partial charge in [-0.25, -0.2) is 0 Å². The number of rotatable bonds is 7. The average molecular weight is 346 g/mol. The van der Waals surface area contributed by atoms with E-state index in [-0.39, 0.29) is 11.5 Å². The molecule has 2 aromatic carbocycles. The molecule has 1 unspecified atom stereocenters. The molecule has 0 aliphatic rings. The Labute approximate surface area is 146 Å². The van der Waals surface area contributed by atoms with Crippen LogP contribution in [0, 0.1) is 0 Å². The molecule has 0 saturated heterocycles. The van der Waals surface area contributed by atoms with E-state index in [1.807, 2.05) is 0 Å². The molecule has 0 radical (unpaired) electrons. The molecule has 1 N–H and O–H groups in total. The Morgan fingerprint density at radius 2 is 1.40 bits per heavy atom. The molecule has 0 aliphatic carbocycles. The Bertz CT molecular complexity index is 743. The highest BCUT2D eigenvalue weighted by Gasteiger charge is 2.24. The number of ketones is 1. The lowest BCUT2D eigenvalue weighted by Crippen LogP contribution is -2.11. The number of methoxy groups -OCH3 is 4. The summed E-state index contributed by atoms with van der Waals surface area (Å²) in [5.74, 6) is 1.01. The highest BCUT2D eigenvalue weighted by atomic mass is 16.5.